The fourth-order valence-corrected chi connectivity index (χ4v) is 3.28. The van der Waals surface area contributed by atoms with Crippen LogP contribution in [0.5, 0.6) is 0 Å². The highest BCUT2D eigenvalue weighted by atomic mass is 16.1. The number of rotatable bonds is 4. The molecule has 0 radical (unpaired) electrons. The third kappa shape index (κ3) is 3.32. The Balaban J connectivity index is 1.64. The van der Waals surface area contributed by atoms with Gasteiger partial charge in [-0.1, -0.05) is 32.3 Å². The molecule has 1 N–H and O–H groups in total. The van der Waals surface area contributed by atoms with E-state index < -0.39 is 0 Å². The molecule has 0 aromatic carbocycles. The third-order valence-corrected chi connectivity index (χ3v) is 4.63. The van der Waals surface area contributed by atoms with Crippen molar-refractivity contribution in [3.63, 3.8) is 0 Å². The molecule has 1 aliphatic carbocycles. The van der Waals surface area contributed by atoms with Crippen molar-refractivity contribution in [2.75, 3.05) is 6.54 Å². The summed E-state index contributed by atoms with van der Waals surface area (Å²) >= 11 is 0. The summed E-state index contributed by atoms with van der Waals surface area (Å²) in [4.78, 5) is 16.5. The van der Waals surface area contributed by atoms with Gasteiger partial charge < -0.3 is 5.32 Å². The maximum atomic E-state index is 12.0. The number of hydrogen-bond acceptors (Lipinski definition) is 3. The van der Waals surface area contributed by atoms with E-state index >= 15 is 0 Å². The Morgan fingerprint density at radius 3 is 3.05 bits per heavy atom. The summed E-state index contributed by atoms with van der Waals surface area (Å²) in [7, 11) is 0. The molecule has 0 amide bonds. The van der Waals surface area contributed by atoms with Crippen molar-refractivity contribution in [2.24, 2.45) is 11.8 Å². The van der Waals surface area contributed by atoms with Crippen LogP contribution in [0.15, 0.2) is 35.3 Å². The molecule has 21 heavy (non-hydrogen) atoms. The van der Waals surface area contributed by atoms with Crippen LogP contribution in [0.1, 0.15) is 38.3 Å². The molecule has 2 aromatic heterocycles. The van der Waals surface area contributed by atoms with Crippen LogP contribution >= 0.6 is 0 Å². The van der Waals surface area contributed by atoms with E-state index in [0.29, 0.717) is 12.2 Å². The first kappa shape index (κ1) is 14.3. The lowest BCUT2D eigenvalue weighted by atomic mass is 9.80. The van der Waals surface area contributed by atoms with E-state index in [0.717, 1.165) is 24.1 Å². The Labute approximate surface area is 125 Å². The van der Waals surface area contributed by atoms with Gasteiger partial charge in [-0.2, -0.15) is 0 Å². The van der Waals surface area contributed by atoms with Gasteiger partial charge in [0.2, 0.25) is 0 Å². The molecule has 0 bridgehead atoms. The van der Waals surface area contributed by atoms with Gasteiger partial charge in [0.25, 0.3) is 5.56 Å². The van der Waals surface area contributed by atoms with E-state index in [1.54, 1.807) is 16.7 Å². The first-order valence-corrected chi connectivity index (χ1v) is 7.92. The van der Waals surface area contributed by atoms with Gasteiger partial charge in [0, 0.05) is 18.8 Å². The predicted octanol–water partition coefficient (Wildman–Crippen LogP) is 2.61. The van der Waals surface area contributed by atoms with Gasteiger partial charge >= 0.3 is 0 Å². The summed E-state index contributed by atoms with van der Waals surface area (Å²) in [5, 5.41) is 3.48. The SMILES string of the molecule is CC1CCCCC1CNCc1cc(=O)n2ccccc2n1. The monoisotopic (exact) mass is 285 g/mol. The number of aromatic nitrogens is 2. The van der Waals surface area contributed by atoms with Gasteiger partial charge in [-0.3, -0.25) is 9.20 Å². The van der Waals surface area contributed by atoms with Crippen molar-refractivity contribution in [1.29, 1.82) is 0 Å². The predicted molar refractivity (Wildman–Crippen MR) is 84.3 cm³/mol. The van der Waals surface area contributed by atoms with Gasteiger partial charge in [0.1, 0.15) is 5.65 Å². The average Bonchev–Trinajstić information content (AvgIpc) is 2.49. The van der Waals surface area contributed by atoms with Gasteiger partial charge in [-0.15, -0.1) is 0 Å². The minimum Gasteiger partial charge on any atom is -0.311 e. The lowest BCUT2D eigenvalue weighted by Gasteiger charge is -2.28. The standard InChI is InChI=1S/C17H23N3O/c1-13-6-2-3-7-14(13)11-18-12-15-10-17(21)20-9-5-4-8-16(20)19-15/h4-5,8-10,13-14,18H,2-3,6-7,11-12H2,1H3. The van der Waals surface area contributed by atoms with Crippen molar-refractivity contribution in [3.8, 4) is 0 Å². The Morgan fingerprint density at radius 1 is 1.33 bits per heavy atom. The lowest BCUT2D eigenvalue weighted by molar-refractivity contribution is 0.247. The van der Waals surface area contributed by atoms with Crippen LogP contribution in [0.25, 0.3) is 5.65 Å². The number of nitrogens with one attached hydrogen (secondary N) is 1. The van der Waals surface area contributed by atoms with Gasteiger partial charge in [-0.25, -0.2) is 4.98 Å². The Bertz CT molecular complexity index is 664. The highest BCUT2D eigenvalue weighted by Crippen LogP contribution is 2.28. The summed E-state index contributed by atoms with van der Waals surface area (Å²) in [6.45, 7) is 4.05. The number of nitrogens with zero attached hydrogens (tertiary/aromatic N) is 2. The van der Waals surface area contributed by atoms with E-state index in [2.05, 4.69) is 17.2 Å². The van der Waals surface area contributed by atoms with Crippen LogP contribution in [0, 0.1) is 11.8 Å². The molecule has 2 aromatic rings. The maximum absolute atomic E-state index is 12.0. The highest BCUT2D eigenvalue weighted by Gasteiger charge is 2.20. The molecule has 2 atom stereocenters. The van der Waals surface area contributed by atoms with Crippen LogP contribution in [0.2, 0.25) is 0 Å². The Hall–Kier alpha value is -1.68. The van der Waals surface area contributed by atoms with E-state index in [1.807, 2.05) is 18.2 Å². The second kappa shape index (κ2) is 6.39. The van der Waals surface area contributed by atoms with E-state index in [4.69, 9.17) is 0 Å². The molecular formula is C17H23N3O. The molecule has 1 fully saturated rings. The molecule has 3 rings (SSSR count). The zero-order valence-electron chi connectivity index (χ0n) is 12.6. The van der Waals surface area contributed by atoms with E-state index in [1.165, 1.54) is 25.7 Å². The summed E-state index contributed by atoms with van der Waals surface area (Å²) in [6.07, 6.45) is 7.16. The minimum atomic E-state index is -0.0107. The Kier molecular flexibility index (Phi) is 4.34. The molecule has 2 heterocycles. The molecule has 1 saturated carbocycles. The maximum Gasteiger partial charge on any atom is 0.258 e. The van der Waals surface area contributed by atoms with E-state index in [-0.39, 0.29) is 5.56 Å². The number of fused-ring (bicyclic) bond motifs is 1. The Morgan fingerprint density at radius 2 is 2.19 bits per heavy atom. The van der Waals surface area contributed by atoms with Gasteiger partial charge in [0.05, 0.1) is 5.69 Å². The van der Waals surface area contributed by atoms with Crippen molar-refractivity contribution in [1.82, 2.24) is 14.7 Å². The molecule has 4 nitrogen and oxygen atoms in total. The van der Waals surface area contributed by atoms with Crippen molar-refractivity contribution in [3.05, 3.63) is 46.5 Å². The zero-order chi connectivity index (χ0) is 14.7. The van der Waals surface area contributed by atoms with Gasteiger partial charge in [-0.05, 0) is 36.9 Å². The lowest BCUT2D eigenvalue weighted by Crippen LogP contribution is -2.29. The largest absolute Gasteiger partial charge is 0.311 e. The summed E-state index contributed by atoms with van der Waals surface area (Å²) < 4.78 is 1.58. The smallest absolute Gasteiger partial charge is 0.258 e. The second-order valence-corrected chi connectivity index (χ2v) is 6.17. The molecule has 0 spiro atoms. The summed E-state index contributed by atoms with van der Waals surface area (Å²) in [5.74, 6) is 1.57. The molecule has 0 saturated heterocycles. The molecule has 1 aliphatic rings. The second-order valence-electron chi connectivity index (χ2n) is 6.17. The highest BCUT2D eigenvalue weighted by molar-refractivity contribution is 5.37. The number of hydrogen-bond donors (Lipinski definition) is 1. The topological polar surface area (TPSA) is 46.4 Å². The zero-order valence-corrected chi connectivity index (χ0v) is 12.6. The molecule has 0 aliphatic heterocycles. The van der Waals surface area contributed by atoms with Crippen LogP contribution in [0.4, 0.5) is 0 Å². The first-order valence-electron chi connectivity index (χ1n) is 7.92. The van der Waals surface area contributed by atoms with Crippen molar-refractivity contribution in [2.45, 2.75) is 39.2 Å². The van der Waals surface area contributed by atoms with Gasteiger partial charge in [0.15, 0.2) is 0 Å². The summed E-state index contributed by atoms with van der Waals surface area (Å²) in [5.41, 5.74) is 1.53. The quantitative estimate of drug-likeness (QED) is 0.939. The van der Waals surface area contributed by atoms with Crippen LogP contribution in [-0.4, -0.2) is 15.9 Å². The third-order valence-electron chi connectivity index (χ3n) is 4.63. The minimum absolute atomic E-state index is 0.0107. The van der Waals surface area contributed by atoms with Crippen LogP contribution < -0.4 is 10.9 Å². The number of pyridine rings is 1. The fraction of sp³-hybridized carbons (Fsp3) is 0.529. The molecule has 112 valence electrons. The van der Waals surface area contributed by atoms with E-state index in [9.17, 15) is 4.79 Å². The molecule has 4 heteroatoms. The summed E-state index contributed by atoms with van der Waals surface area (Å²) in [6, 6.07) is 7.25. The fourth-order valence-electron chi connectivity index (χ4n) is 3.28. The van der Waals surface area contributed by atoms with Crippen molar-refractivity contribution < 1.29 is 0 Å². The normalized spacial score (nSPS) is 22.5. The average molecular weight is 285 g/mol. The van der Waals surface area contributed by atoms with Crippen LogP contribution in [0.3, 0.4) is 0 Å². The van der Waals surface area contributed by atoms with Crippen molar-refractivity contribution >= 4 is 5.65 Å². The van der Waals surface area contributed by atoms with Crippen LogP contribution in [-0.2, 0) is 6.54 Å². The molecule has 2 unspecified atom stereocenters. The molecular weight excluding hydrogens is 262 g/mol. The first-order chi connectivity index (χ1) is 10.2.